The third-order valence-electron chi connectivity index (χ3n) is 2.32. The van der Waals surface area contributed by atoms with E-state index in [0.717, 1.165) is 11.3 Å². The van der Waals surface area contributed by atoms with Gasteiger partial charge in [-0.25, -0.2) is 13.8 Å². The summed E-state index contributed by atoms with van der Waals surface area (Å²) in [4.78, 5) is 6.21. The molecule has 90 valence electrons. The highest BCUT2D eigenvalue weighted by molar-refractivity contribution is 7.15. The Kier molecular flexibility index (Phi) is 3.67. The van der Waals surface area contributed by atoms with Gasteiger partial charge in [0, 0.05) is 19.3 Å². The quantitative estimate of drug-likeness (QED) is 0.877. The summed E-state index contributed by atoms with van der Waals surface area (Å²) in [6, 6.07) is 0. The number of nitrogens with zero attached hydrogens (tertiary/aromatic N) is 2. The Hall–Kier alpha value is -0.790. The van der Waals surface area contributed by atoms with Crippen LogP contribution in [0.5, 0.6) is 0 Å². The van der Waals surface area contributed by atoms with Crippen LogP contribution in [0.25, 0.3) is 0 Å². The van der Waals surface area contributed by atoms with Gasteiger partial charge in [0.15, 0.2) is 11.2 Å². The van der Waals surface area contributed by atoms with E-state index in [4.69, 9.17) is 4.74 Å². The average Bonchev–Trinajstić information content (AvgIpc) is 2.78. The molecule has 1 aromatic rings. The number of alkyl halides is 2. The molecule has 1 unspecified atom stereocenters. The molecule has 1 saturated heterocycles. The number of thiazole rings is 1. The highest BCUT2D eigenvalue weighted by Gasteiger charge is 2.23. The van der Waals surface area contributed by atoms with Crippen LogP contribution in [-0.2, 0) is 4.74 Å². The second-order valence-electron chi connectivity index (χ2n) is 3.42. The topological polar surface area (TPSA) is 45.6 Å². The summed E-state index contributed by atoms with van der Waals surface area (Å²) in [6.45, 7) is 2.65. The van der Waals surface area contributed by atoms with E-state index in [-0.39, 0.29) is 4.88 Å². The second-order valence-corrected chi connectivity index (χ2v) is 4.46. The predicted octanol–water partition coefficient (Wildman–Crippen LogP) is 1.28. The Bertz CT molecular complexity index is 342. The van der Waals surface area contributed by atoms with Crippen molar-refractivity contribution < 1.29 is 18.6 Å². The number of anilines is 1. The maximum atomic E-state index is 12.3. The molecule has 7 heteroatoms. The van der Waals surface area contributed by atoms with Crippen molar-refractivity contribution in [2.75, 3.05) is 31.2 Å². The Labute approximate surface area is 95.5 Å². The molecule has 1 aromatic heterocycles. The lowest BCUT2D eigenvalue weighted by Gasteiger charge is -2.26. The Morgan fingerprint density at radius 3 is 2.75 bits per heavy atom. The van der Waals surface area contributed by atoms with Gasteiger partial charge in [0.1, 0.15) is 0 Å². The third-order valence-corrected chi connectivity index (χ3v) is 3.45. The van der Waals surface area contributed by atoms with E-state index < -0.39 is 12.5 Å². The molecule has 0 amide bonds. The van der Waals surface area contributed by atoms with E-state index in [1.807, 2.05) is 4.90 Å². The summed E-state index contributed by atoms with van der Waals surface area (Å²) in [7, 11) is 0. The largest absolute Gasteiger partial charge is 0.382 e. The summed E-state index contributed by atoms with van der Waals surface area (Å²) < 4.78 is 29.7. The molecule has 0 radical (unpaired) electrons. The van der Waals surface area contributed by atoms with E-state index in [9.17, 15) is 13.9 Å². The zero-order valence-electron chi connectivity index (χ0n) is 8.47. The van der Waals surface area contributed by atoms with Crippen molar-refractivity contribution in [3.05, 3.63) is 11.1 Å². The van der Waals surface area contributed by atoms with Crippen LogP contribution in [0.2, 0.25) is 0 Å². The van der Waals surface area contributed by atoms with Crippen molar-refractivity contribution >= 4 is 16.5 Å². The number of hydrogen-bond donors (Lipinski definition) is 1. The second kappa shape index (κ2) is 5.03. The highest BCUT2D eigenvalue weighted by atomic mass is 32.1. The van der Waals surface area contributed by atoms with Gasteiger partial charge in [0.05, 0.1) is 18.1 Å². The Morgan fingerprint density at radius 1 is 1.44 bits per heavy atom. The van der Waals surface area contributed by atoms with E-state index in [0.29, 0.717) is 31.4 Å². The lowest BCUT2D eigenvalue weighted by molar-refractivity contribution is -0.00381. The van der Waals surface area contributed by atoms with Gasteiger partial charge in [-0.05, 0) is 0 Å². The van der Waals surface area contributed by atoms with Crippen molar-refractivity contribution in [3.8, 4) is 0 Å². The van der Waals surface area contributed by atoms with Crippen LogP contribution in [0.1, 0.15) is 11.0 Å². The maximum absolute atomic E-state index is 12.3. The zero-order chi connectivity index (χ0) is 11.5. The molecule has 1 aliphatic rings. The minimum atomic E-state index is -2.77. The highest BCUT2D eigenvalue weighted by Crippen LogP contribution is 2.30. The lowest BCUT2D eigenvalue weighted by Crippen LogP contribution is -2.36. The van der Waals surface area contributed by atoms with E-state index in [1.165, 1.54) is 6.20 Å². The standard InChI is InChI=1S/C9H12F2N2O2S/c10-8(11)7(14)6-5-12-9(16-6)13-1-3-15-4-2-13/h5,7-8,14H,1-4H2. The number of halogens is 2. The van der Waals surface area contributed by atoms with Crippen molar-refractivity contribution in [3.63, 3.8) is 0 Å². The summed E-state index contributed by atoms with van der Waals surface area (Å²) in [5.41, 5.74) is 0. The molecule has 0 aromatic carbocycles. The summed E-state index contributed by atoms with van der Waals surface area (Å²) >= 11 is 1.11. The summed E-state index contributed by atoms with van der Waals surface area (Å²) in [5.74, 6) is 0. The number of hydrogen-bond acceptors (Lipinski definition) is 5. The molecule has 0 spiro atoms. The molecular weight excluding hydrogens is 238 g/mol. The first-order chi connectivity index (χ1) is 7.68. The Balaban J connectivity index is 2.06. The average molecular weight is 250 g/mol. The molecule has 0 aliphatic carbocycles. The van der Waals surface area contributed by atoms with Crippen LogP contribution in [0, 0.1) is 0 Å². The van der Waals surface area contributed by atoms with Gasteiger partial charge in [0.25, 0.3) is 6.43 Å². The summed E-state index contributed by atoms with van der Waals surface area (Å²) in [5, 5.41) is 9.85. The first kappa shape index (κ1) is 11.7. The number of aliphatic hydroxyl groups is 1. The van der Waals surface area contributed by atoms with Crippen LogP contribution in [-0.4, -0.2) is 42.8 Å². The Morgan fingerprint density at radius 2 is 2.12 bits per heavy atom. The fraction of sp³-hybridized carbons (Fsp3) is 0.667. The van der Waals surface area contributed by atoms with Crippen molar-refractivity contribution in [1.29, 1.82) is 0 Å². The monoisotopic (exact) mass is 250 g/mol. The van der Waals surface area contributed by atoms with Gasteiger partial charge in [-0.15, -0.1) is 0 Å². The normalized spacial score (nSPS) is 19.1. The molecule has 2 rings (SSSR count). The zero-order valence-corrected chi connectivity index (χ0v) is 9.29. The molecule has 1 aliphatic heterocycles. The van der Waals surface area contributed by atoms with Crippen LogP contribution >= 0.6 is 11.3 Å². The smallest absolute Gasteiger partial charge is 0.269 e. The molecule has 4 nitrogen and oxygen atoms in total. The maximum Gasteiger partial charge on any atom is 0.269 e. The van der Waals surface area contributed by atoms with Crippen LogP contribution in [0.3, 0.4) is 0 Å². The molecule has 16 heavy (non-hydrogen) atoms. The van der Waals surface area contributed by atoms with Gasteiger partial charge in [0.2, 0.25) is 0 Å². The summed E-state index contributed by atoms with van der Waals surface area (Å²) in [6.07, 6.45) is -3.18. The van der Waals surface area contributed by atoms with Crippen LogP contribution in [0.15, 0.2) is 6.20 Å². The first-order valence-corrected chi connectivity index (χ1v) is 5.75. The number of aromatic nitrogens is 1. The van der Waals surface area contributed by atoms with Gasteiger partial charge >= 0.3 is 0 Å². The molecule has 1 N–H and O–H groups in total. The molecule has 0 saturated carbocycles. The number of morpholine rings is 1. The molecular formula is C9H12F2N2O2S. The fourth-order valence-electron chi connectivity index (χ4n) is 1.44. The predicted molar refractivity (Wildman–Crippen MR) is 56.1 cm³/mol. The molecule has 2 heterocycles. The number of rotatable bonds is 3. The van der Waals surface area contributed by atoms with Crippen LogP contribution < -0.4 is 4.90 Å². The molecule has 1 atom stereocenters. The van der Waals surface area contributed by atoms with Gasteiger partial charge in [-0.1, -0.05) is 11.3 Å². The van der Waals surface area contributed by atoms with Gasteiger partial charge in [-0.2, -0.15) is 0 Å². The third kappa shape index (κ3) is 2.47. The fourth-order valence-corrected chi connectivity index (χ4v) is 2.40. The SMILES string of the molecule is OC(c1cnc(N2CCOCC2)s1)C(F)F. The van der Waals surface area contributed by atoms with E-state index in [2.05, 4.69) is 4.98 Å². The minimum absolute atomic E-state index is 0.205. The van der Waals surface area contributed by atoms with Crippen molar-refractivity contribution in [1.82, 2.24) is 4.98 Å². The van der Waals surface area contributed by atoms with Crippen LogP contribution in [0.4, 0.5) is 13.9 Å². The van der Waals surface area contributed by atoms with Crippen molar-refractivity contribution in [2.24, 2.45) is 0 Å². The molecule has 1 fully saturated rings. The first-order valence-electron chi connectivity index (χ1n) is 4.93. The van der Waals surface area contributed by atoms with Gasteiger partial charge < -0.3 is 14.7 Å². The lowest BCUT2D eigenvalue weighted by atomic mass is 10.3. The van der Waals surface area contributed by atoms with E-state index in [1.54, 1.807) is 0 Å². The van der Waals surface area contributed by atoms with Crippen molar-refractivity contribution in [2.45, 2.75) is 12.5 Å². The molecule has 0 bridgehead atoms. The van der Waals surface area contributed by atoms with E-state index >= 15 is 0 Å². The minimum Gasteiger partial charge on any atom is -0.382 e. The van der Waals surface area contributed by atoms with Gasteiger partial charge in [-0.3, -0.25) is 0 Å². The number of ether oxygens (including phenoxy) is 1. The number of aliphatic hydroxyl groups excluding tert-OH is 1.